The van der Waals surface area contributed by atoms with Crippen molar-refractivity contribution in [2.75, 3.05) is 13.1 Å². The van der Waals surface area contributed by atoms with Crippen LogP contribution in [0, 0.1) is 0 Å². The van der Waals surface area contributed by atoms with E-state index in [0.717, 1.165) is 25.1 Å². The van der Waals surface area contributed by atoms with Crippen molar-refractivity contribution < 1.29 is 4.79 Å². The number of amides is 1. The Hall–Kier alpha value is -1.32. The van der Waals surface area contributed by atoms with E-state index in [1.807, 2.05) is 12.1 Å². The Labute approximate surface area is 106 Å². The second kappa shape index (κ2) is 5.84. The lowest BCUT2D eigenvalue weighted by Gasteiger charge is -2.08. The van der Waals surface area contributed by atoms with E-state index >= 15 is 0 Å². The molecule has 1 atom stereocenters. The van der Waals surface area contributed by atoms with Crippen LogP contribution in [0.25, 0.3) is 6.08 Å². The maximum absolute atomic E-state index is 11.6. The monoisotopic (exact) mass is 250 g/mol. The van der Waals surface area contributed by atoms with Crippen molar-refractivity contribution >= 4 is 23.6 Å². The molecule has 1 aromatic carbocycles. The summed E-state index contributed by atoms with van der Waals surface area (Å²) in [5.74, 6) is -0.0475. The minimum absolute atomic E-state index is 0.0475. The lowest BCUT2D eigenvalue weighted by Crippen LogP contribution is -2.34. The van der Waals surface area contributed by atoms with Gasteiger partial charge in [-0.3, -0.25) is 4.79 Å². The molecular weight excluding hydrogens is 236 g/mol. The van der Waals surface area contributed by atoms with Crippen molar-refractivity contribution in [2.24, 2.45) is 0 Å². The Balaban J connectivity index is 1.86. The molecule has 1 aliphatic rings. The van der Waals surface area contributed by atoms with Crippen LogP contribution >= 0.6 is 11.6 Å². The fourth-order valence-electron chi connectivity index (χ4n) is 1.77. The second-order valence-electron chi connectivity index (χ2n) is 4.08. The molecule has 17 heavy (non-hydrogen) atoms. The molecule has 0 aromatic heterocycles. The van der Waals surface area contributed by atoms with E-state index in [1.54, 1.807) is 24.3 Å². The van der Waals surface area contributed by atoms with E-state index < -0.39 is 0 Å². The van der Waals surface area contributed by atoms with E-state index in [2.05, 4.69) is 10.6 Å². The average molecular weight is 251 g/mol. The molecule has 2 rings (SSSR count). The standard InChI is InChI=1S/C13H15ClN2O/c14-11-4-1-10(2-5-11)3-6-13(17)16-12-7-8-15-9-12/h1-6,12,15H,7-9H2,(H,16,17)/b6-3+. The Bertz CT molecular complexity index is 408. The first kappa shape index (κ1) is 12.1. The number of nitrogens with one attached hydrogen (secondary N) is 2. The zero-order valence-corrected chi connectivity index (χ0v) is 10.2. The third kappa shape index (κ3) is 3.88. The van der Waals surface area contributed by atoms with E-state index in [0.29, 0.717) is 5.02 Å². The normalized spacial score (nSPS) is 19.7. The summed E-state index contributed by atoms with van der Waals surface area (Å²) < 4.78 is 0. The Morgan fingerprint density at radius 3 is 2.82 bits per heavy atom. The van der Waals surface area contributed by atoms with Crippen molar-refractivity contribution in [3.63, 3.8) is 0 Å². The average Bonchev–Trinajstić information content (AvgIpc) is 2.81. The fourth-order valence-corrected chi connectivity index (χ4v) is 1.90. The Morgan fingerprint density at radius 1 is 1.41 bits per heavy atom. The number of carbonyl (C=O) groups excluding carboxylic acids is 1. The molecule has 0 radical (unpaired) electrons. The topological polar surface area (TPSA) is 41.1 Å². The first-order valence-corrected chi connectivity index (χ1v) is 6.07. The van der Waals surface area contributed by atoms with Gasteiger partial charge in [-0.1, -0.05) is 23.7 Å². The summed E-state index contributed by atoms with van der Waals surface area (Å²) in [4.78, 5) is 11.6. The van der Waals surface area contributed by atoms with Gasteiger partial charge in [-0.05, 0) is 36.7 Å². The minimum Gasteiger partial charge on any atom is -0.348 e. The number of hydrogen-bond donors (Lipinski definition) is 2. The lowest BCUT2D eigenvalue weighted by molar-refractivity contribution is -0.117. The van der Waals surface area contributed by atoms with Gasteiger partial charge in [-0.15, -0.1) is 0 Å². The van der Waals surface area contributed by atoms with Crippen LogP contribution in [0.15, 0.2) is 30.3 Å². The SMILES string of the molecule is O=C(/C=C/c1ccc(Cl)cc1)NC1CCNC1. The molecule has 3 nitrogen and oxygen atoms in total. The molecule has 90 valence electrons. The van der Waals surface area contributed by atoms with Crippen LogP contribution in [0.2, 0.25) is 5.02 Å². The fraction of sp³-hybridized carbons (Fsp3) is 0.308. The molecule has 0 aliphatic carbocycles. The molecular formula is C13H15ClN2O. The largest absolute Gasteiger partial charge is 0.348 e. The van der Waals surface area contributed by atoms with E-state index in [1.165, 1.54) is 0 Å². The van der Waals surface area contributed by atoms with Gasteiger partial charge in [-0.2, -0.15) is 0 Å². The Morgan fingerprint density at radius 2 is 2.18 bits per heavy atom. The molecule has 1 aliphatic heterocycles. The van der Waals surface area contributed by atoms with Crippen molar-refractivity contribution in [1.29, 1.82) is 0 Å². The van der Waals surface area contributed by atoms with Gasteiger partial charge >= 0.3 is 0 Å². The van der Waals surface area contributed by atoms with Gasteiger partial charge in [0.05, 0.1) is 0 Å². The number of hydrogen-bond acceptors (Lipinski definition) is 2. The predicted molar refractivity (Wildman–Crippen MR) is 69.9 cm³/mol. The van der Waals surface area contributed by atoms with Crippen molar-refractivity contribution in [2.45, 2.75) is 12.5 Å². The predicted octanol–water partition coefficient (Wildman–Crippen LogP) is 1.83. The van der Waals surface area contributed by atoms with E-state index in [-0.39, 0.29) is 11.9 Å². The zero-order valence-electron chi connectivity index (χ0n) is 9.45. The van der Waals surface area contributed by atoms with E-state index in [9.17, 15) is 4.79 Å². The zero-order chi connectivity index (χ0) is 12.1. The number of carbonyl (C=O) groups is 1. The highest BCUT2D eigenvalue weighted by molar-refractivity contribution is 6.30. The maximum Gasteiger partial charge on any atom is 0.244 e. The quantitative estimate of drug-likeness (QED) is 0.804. The van der Waals surface area contributed by atoms with Crippen molar-refractivity contribution in [3.8, 4) is 0 Å². The van der Waals surface area contributed by atoms with Crippen LogP contribution in [0.5, 0.6) is 0 Å². The molecule has 0 saturated carbocycles. The summed E-state index contributed by atoms with van der Waals surface area (Å²) in [5.41, 5.74) is 0.967. The van der Waals surface area contributed by atoms with Crippen LogP contribution in [-0.4, -0.2) is 25.0 Å². The smallest absolute Gasteiger partial charge is 0.244 e. The maximum atomic E-state index is 11.6. The van der Waals surface area contributed by atoms with Crippen LogP contribution in [0.3, 0.4) is 0 Å². The number of halogens is 1. The first-order chi connectivity index (χ1) is 8.24. The van der Waals surface area contributed by atoms with Crippen LogP contribution < -0.4 is 10.6 Å². The minimum atomic E-state index is -0.0475. The summed E-state index contributed by atoms with van der Waals surface area (Å²) in [6.07, 6.45) is 4.34. The summed E-state index contributed by atoms with van der Waals surface area (Å²) in [6, 6.07) is 7.63. The van der Waals surface area contributed by atoms with Gasteiger partial charge in [0.15, 0.2) is 0 Å². The van der Waals surface area contributed by atoms with Crippen LogP contribution in [-0.2, 0) is 4.79 Å². The van der Waals surface area contributed by atoms with Gasteiger partial charge in [0.25, 0.3) is 0 Å². The number of benzene rings is 1. The highest BCUT2D eigenvalue weighted by Gasteiger charge is 2.14. The summed E-state index contributed by atoms with van der Waals surface area (Å²) in [7, 11) is 0. The molecule has 0 bridgehead atoms. The van der Waals surface area contributed by atoms with Gasteiger partial charge in [-0.25, -0.2) is 0 Å². The van der Waals surface area contributed by atoms with Gasteiger partial charge in [0.2, 0.25) is 5.91 Å². The molecule has 1 amide bonds. The highest BCUT2D eigenvalue weighted by atomic mass is 35.5. The van der Waals surface area contributed by atoms with Gasteiger partial charge < -0.3 is 10.6 Å². The first-order valence-electron chi connectivity index (χ1n) is 5.69. The third-order valence-corrected chi connectivity index (χ3v) is 2.96. The Kier molecular flexibility index (Phi) is 4.18. The molecule has 1 saturated heterocycles. The molecule has 1 heterocycles. The van der Waals surface area contributed by atoms with Gasteiger partial charge in [0.1, 0.15) is 0 Å². The molecule has 1 unspecified atom stereocenters. The molecule has 2 N–H and O–H groups in total. The van der Waals surface area contributed by atoms with Crippen LogP contribution in [0.4, 0.5) is 0 Å². The third-order valence-electron chi connectivity index (χ3n) is 2.70. The number of rotatable bonds is 3. The highest BCUT2D eigenvalue weighted by Crippen LogP contribution is 2.10. The molecule has 0 spiro atoms. The van der Waals surface area contributed by atoms with Crippen LogP contribution in [0.1, 0.15) is 12.0 Å². The summed E-state index contributed by atoms with van der Waals surface area (Å²) >= 11 is 5.78. The summed E-state index contributed by atoms with van der Waals surface area (Å²) in [5, 5.41) is 6.85. The molecule has 4 heteroatoms. The van der Waals surface area contributed by atoms with Crippen molar-refractivity contribution in [1.82, 2.24) is 10.6 Å². The lowest BCUT2D eigenvalue weighted by atomic mass is 10.2. The van der Waals surface area contributed by atoms with Gasteiger partial charge in [0, 0.05) is 23.7 Å². The summed E-state index contributed by atoms with van der Waals surface area (Å²) in [6.45, 7) is 1.84. The molecule has 1 fully saturated rings. The molecule has 1 aromatic rings. The second-order valence-corrected chi connectivity index (χ2v) is 4.52. The van der Waals surface area contributed by atoms with Crippen molar-refractivity contribution in [3.05, 3.63) is 40.9 Å². The van der Waals surface area contributed by atoms with E-state index in [4.69, 9.17) is 11.6 Å².